The Morgan fingerprint density at radius 1 is 1.06 bits per heavy atom. The zero-order chi connectivity index (χ0) is 25.8. The predicted molar refractivity (Wildman–Crippen MR) is 144 cm³/mol. The van der Waals surface area contributed by atoms with Gasteiger partial charge in [-0.15, -0.1) is 6.58 Å². The third-order valence-electron chi connectivity index (χ3n) is 7.05. The van der Waals surface area contributed by atoms with Gasteiger partial charge in [-0.25, -0.2) is 0 Å². The van der Waals surface area contributed by atoms with E-state index < -0.39 is 0 Å². The van der Waals surface area contributed by atoms with Crippen molar-refractivity contribution in [3.05, 3.63) is 42.5 Å². The molecule has 0 aliphatic carbocycles. The van der Waals surface area contributed by atoms with Gasteiger partial charge < -0.3 is 20.3 Å². The van der Waals surface area contributed by atoms with E-state index in [4.69, 9.17) is 4.74 Å². The van der Waals surface area contributed by atoms with Crippen molar-refractivity contribution in [1.29, 1.82) is 0 Å². The number of hydrogen-bond donors (Lipinski definition) is 2. The van der Waals surface area contributed by atoms with Crippen LogP contribution in [-0.2, 0) is 16.1 Å². The molecule has 0 unspecified atom stereocenters. The van der Waals surface area contributed by atoms with E-state index in [1.54, 1.807) is 6.08 Å². The standard InChI is InChI=1S/C28H45N5O3/c1-4-14-29-27(34)22-33-18-12-25(13-19-33)30-28(35)24-10-16-32(17-11-24)21-23-6-8-26(9-7-23)36-20-5-15-31(2)3/h4,6-9,24-25H,1,5,10-22H2,2-3H3,(H,29,34)(H,30,35). The van der Waals surface area contributed by atoms with Crippen molar-refractivity contribution >= 4 is 11.8 Å². The smallest absolute Gasteiger partial charge is 0.234 e. The van der Waals surface area contributed by atoms with E-state index in [1.807, 2.05) is 0 Å². The van der Waals surface area contributed by atoms with Gasteiger partial charge >= 0.3 is 0 Å². The number of nitrogens with zero attached hydrogens (tertiary/aromatic N) is 3. The second-order valence-corrected chi connectivity index (χ2v) is 10.4. The van der Waals surface area contributed by atoms with Crippen LogP contribution in [0.4, 0.5) is 0 Å². The molecule has 0 bridgehead atoms. The van der Waals surface area contributed by atoms with Crippen LogP contribution in [0.25, 0.3) is 0 Å². The van der Waals surface area contributed by atoms with Crippen LogP contribution in [0.2, 0.25) is 0 Å². The highest BCUT2D eigenvalue weighted by atomic mass is 16.5. The van der Waals surface area contributed by atoms with Gasteiger partial charge in [-0.05, 0) is 77.0 Å². The third kappa shape index (κ3) is 9.91. The molecule has 200 valence electrons. The molecule has 2 saturated heterocycles. The lowest BCUT2D eigenvalue weighted by molar-refractivity contribution is -0.128. The van der Waals surface area contributed by atoms with E-state index in [1.165, 1.54) is 5.56 Å². The highest BCUT2D eigenvalue weighted by Gasteiger charge is 2.28. The minimum Gasteiger partial charge on any atom is -0.494 e. The van der Waals surface area contributed by atoms with E-state index in [0.29, 0.717) is 13.1 Å². The average molecular weight is 500 g/mol. The van der Waals surface area contributed by atoms with Crippen LogP contribution < -0.4 is 15.4 Å². The first-order chi connectivity index (χ1) is 17.4. The maximum Gasteiger partial charge on any atom is 0.234 e. The van der Waals surface area contributed by atoms with Crippen molar-refractivity contribution < 1.29 is 14.3 Å². The summed E-state index contributed by atoms with van der Waals surface area (Å²) in [5, 5.41) is 6.10. The number of carbonyl (C=O) groups excluding carboxylic acids is 2. The quantitative estimate of drug-likeness (QED) is 0.320. The second-order valence-electron chi connectivity index (χ2n) is 10.4. The Bertz CT molecular complexity index is 813. The van der Waals surface area contributed by atoms with Gasteiger partial charge in [0.05, 0.1) is 13.2 Å². The van der Waals surface area contributed by atoms with E-state index >= 15 is 0 Å². The first-order valence-corrected chi connectivity index (χ1v) is 13.4. The minimum atomic E-state index is 0.0315. The molecular weight excluding hydrogens is 454 g/mol. The summed E-state index contributed by atoms with van der Waals surface area (Å²) in [5.41, 5.74) is 1.28. The lowest BCUT2D eigenvalue weighted by Gasteiger charge is -2.34. The summed E-state index contributed by atoms with van der Waals surface area (Å²) >= 11 is 0. The first-order valence-electron chi connectivity index (χ1n) is 13.4. The Balaban J connectivity index is 1.30. The van der Waals surface area contributed by atoms with Crippen molar-refractivity contribution in [2.45, 2.75) is 44.7 Å². The largest absolute Gasteiger partial charge is 0.494 e. The fourth-order valence-electron chi connectivity index (χ4n) is 4.87. The van der Waals surface area contributed by atoms with Crippen LogP contribution in [0.3, 0.4) is 0 Å². The number of likely N-dealkylation sites (tertiary alicyclic amines) is 2. The SMILES string of the molecule is C=CCNC(=O)CN1CCC(NC(=O)C2CCN(Cc3ccc(OCCCN(C)C)cc3)CC2)CC1. The lowest BCUT2D eigenvalue weighted by Crippen LogP contribution is -2.49. The van der Waals surface area contributed by atoms with Gasteiger partial charge in [0.15, 0.2) is 0 Å². The third-order valence-corrected chi connectivity index (χ3v) is 7.05. The molecule has 36 heavy (non-hydrogen) atoms. The molecule has 2 heterocycles. The first kappa shape index (κ1) is 28.2. The molecule has 3 rings (SSSR count). The van der Waals surface area contributed by atoms with Gasteiger partial charge in [-0.2, -0.15) is 0 Å². The number of benzene rings is 1. The topological polar surface area (TPSA) is 77.2 Å². The number of hydrogen-bond acceptors (Lipinski definition) is 6. The number of amides is 2. The second kappa shape index (κ2) is 15.0. The van der Waals surface area contributed by atoms with Crippen LogP contribution in [0.1, 0.15) is 37.7 Å². The summed E-state index contributed by atoms with van der Waals surface area (Å²) in [6, 6.07) is 8.63. The Labute approximate surface area is 217 Å². The fourth-order valence-corrected chi connectivity index (χ4v) is 4.87. The lowest BCUT2D eigenvalue weighted by atomic mass is 9.94. The molecule has 0 spiro atoms. The normalized spacial score (nSPS) is 18.2. The average Bonchev–Trinajstić information content (AvgIpc) is 2.88. The molecule has 2 N–H and O–H groups in total. The Hall–Kier alpha value is -2.42. The highest BCUT2D eigenvalue weighted by molar-refractivity contribution is 5.79. The molecule has 2 fully saturated rings. The van der Waals surface area contributed by atoms with Gasteiger partial charge in [0.25, 0.3) is 0 Å². The fraction of sp³-hybridized carbons (Fsp3) is 0.643. The summed E-state index contributed by atoms with van der Waals surface area (Å²) in [6.07, 6.45) is 6.31. The van der Waals surface area contributed by atoms with Gasteiger partial charge in [0, 0.05) is 44.7 Å². The van der Waals surface area contributed by atoms with Crippen molar-refractivity contribution in [2.24, 2.45) is 5.92 Å². The maximum absolute atomic E-state index is 12.9. The Morgan fingerprint density at radius 3 is 2.36 bits per heavy atom. The molecule has 1 aromatic rings. The van der Waals surface area contributed by atoms with Crippen molar-refractivity contribution in [3.8, 4) is 5.75 Å². The van der Waals surface area contributed by atoms with Crippen molar-refractivity contribution in [3.63, 3.8) is 0 Å². The van der Waals surface area contributed by atoms with Crippen LogP contribution in [-0.4, -0.2) is 99.1 Å². The molecule has 0 radical (unpaired) electrons. The van der Waals surface area contributed by atoms with Crippen LogP contribution >= 0.6 is 0 Å². The molecule has 8 nitrogen and oxygen atoms in total. The number of ether oxygens (including phenoxy) is 1. The maximum atomic E-state index is 12.9. The number of piperidine rings is 2. The summed E-state index contributed by atoms with van der Waals surface area (Å²) in [5.74, 6) is 1.26. The molecule has 0 aromatic heterocycles. The van der Waals surface area contributed by atoms with E-state index in [9.17, 15) is 9.59 Å². The molecule has 0 atom stereocenters. The highest BCUT2D eigenvalue weighted by Crippen LogP contribution is 2.21. The zero-order valence-corrected chi connectivity index (χ0v) is 22.2. The summed E-state index contributed by atoms with van der Waals surface area (Å²) in [6.45, 7) is 10.8. The van der Waals surface area contributed by atoms with E-state index in [2.05, 4.69) is 70.3 Å². The number of carbonyl (C=O) groups is 2. The molecule has 0 saturated carbocycles. The van der Waals surface area contributed by atoms with Gasteiger partial charge in [0.1, 0.15) is 5.75 Å². The minimum absolute atomic E-state index is 0.0315. The Kier molecular flexibility index (Phi) is 11.7. The number of rotatable bonds is 13. The zero-order valence-electron chi connectivity index (χ0n) is 22.2. The Morgan fingerprint density at radius 2 is 1.72 bits per heavy atom. The molecule has 8 heteroatoms. The van der Waals surface area contributed by atoms with Crippen molar-refractivity contribution in [2.75, 3.05) is 66.5 Å². The summed E-state index contributed by atoms with van der Waals surface area (Å²) < 4.78 is 5.83. The van der Waals surface area contributed by atoms with Gasteiger partial charge in [-0.3, -0.25) is 19.4 Å². The van der Waals surface area contributed by atoms with Crippen molar-refractivity contribution in [1.82, 2.24) is 25.3 Å². The van der Waals surface area contributed by atoms with Gasteiger partial charge in [-0.1, -0.05) is 18.2 Å². The summed E-state index contributed by atoms with van der Waals surface area (Å²) in [4.78, 5) is 31.5. The van der Waals surface area contributed by atoms with Crippen LogP contribution in [0.5, 0.6) is 5.75 Å². The monoisotopic (exact) mass is 499 g/mol. The summed E-state index contributed by atoms with van der Waals surface area (Å²) in [7, 11) is 4.15. The van der Waals surface area contributed by atoms with Crippen LogP contribution in [0.15, 0.2) is 36.9 Å². The van der Waals surface area contributed by atoms with E-state index in [-0.39, 0.29) is 23.8 Å². The van der Waals surface area contributed by atoms with Gasteiger partial charge in [0.2, 0.25) is 11.8 Å². The molecule has 2 amide bonds. The van der Waals surface area contributed by atoms with E-state index in [0.717, 1.165) is 83.7 Å². The number of nitrogens with one attached hydrogen (secondary N) is 2. The molecule has 2 aliphatic rings. The molecule has 1 aromatic carbocycles. The molecular formula is C28H45N5O3. The molecule has 2 aliphatic heterocycles. The predicted octanol–water partition coefficient (Wildman–Crippen LogP) is 2.11. The van der Waals surface area contributed by atoms with Crippen LogP contribution in [0, 0.1) is 5.92 Å².